The van der Waals surface area contributed by atoms with Crippen LogP contribution in [0.1, 0.15) is 29.1 Å². The van der Waals surface area contributed by atoms with Crippen LogP contribution < -0.4 is 16.0 Å². The molecule has 2 aromatic heterocycles. The molecule has 0 spiro atoms. The number of nitrogens with zero attached hydrogens (tertiary/aromatic N) is 1. The van der Waals surface area contributed by atoms with E-state index in [0.717, 1.165) is 10.6 Å². The van der Waals surface area contributed by atoms with Gasteiger partial charge in [-0.3, -0.25) is 19.7 Å². The number of aryl methyl sites for hydroxylation is 1. The second-order valence-electron chi connectivity index (χ2n) is 6.06. The first-order valence-corrected chi connectivity index (χ1v) is 10.0. The minimum atomic E-state index is -0.387. The number of nitrogens with one attached hydrogen (secondary N) is 3. The molecule has 0 fully saturated rings. The summed E-state index contributed by atoms with van der Waals surface area (Å²) in [7, 11) is 0. The molecule has 0 unspecified atom stereocenters. The van der Waals surface area contributed by atoms with Crippen LogP contribution in [0.5, 0.6) is 0 Å². The van der Waals surface area contributed by atoms with E-state index in [4.69, 9.17) is 0 Å². The molecule has 3 rings (SSSR count). The average molecular weight is 415 g/mol. The first-order valence-electron chi connectivity index (χ1n) is 8.34. The zero-order valence-corrected chi connectivity index (χ0v) is 17.1. The molecular formula is C19H18N4O3S2. The van der Waals surface area contributed by atoms with Crippen LogP contribution >= 0.6 is 22.7 Å². The van der Waals surface area contributed by atoms with Crippen LogP contribution in [0.4, 0.5) is 16.5 Å². The molecule has 3 aromatic rings. The SMILES string of the molecule is CC(=O)Nc1cc(NC(C)=O)cc(C(=O)Nc2nc(-c3ccc(C)s3)cs2)c1. The van der Waals surface area contributed by atoms with E-state index in [0.29, 0.717) is 22.1 Å². The first-order chi connectivity index (χ1) is 13.3. The zero-order valence-electron chi connectivity index (χ0n) is 15.5. The first kappa shape index (κ1) is 19.7. The Bertz CT molecular complexity index is 1020. The Kier molecular flexibility index (Phi) is 5.86. The number of hydrogen-bond donors (Lipinski definition) is 3. The summed E-state index contributed by atoms with van der Waals surface area (Å²) < 4.78 is 0. The van der Waals surface area contributed by atoms with E-state index < -0.39 is 0 Å². The van der Waals surface area contributed by atoms with Gasteiger partial charge in [-0.05, 0) is 37.3 Å². The second kappa shape index (κ2) is 8.32. The van der Waals surface area contributed by atoms with Crippen LogP contribution in [0.25, 0.3) is 10.6 Å². The van der Waals surface area contributed by atoms with Crippen molar-refractivity contribution in [2.24, 2.45) is 0 Å². The number of rotatable bonds is 5. The lowest BCUT2D eigenvalue weighted by Gasteiger charge is -2.10. The van der Waals surface area contributed by atoms with Crippen LogP contribution in [-0.4, -0.2) is 22.7 Å². The predicted octanol–water partition coefficient (Wildman–Crippen LogP) is 4.35. The highest BCUT2D eigenvalue weighted by Gasteiger charge is 2.14. The monoisotopic (exact) mass is 414 g/mol. The summed E-state index contributed by atoms with van der Waals surface area (Å²) in [5.74, 6) is -0.939. The minimum absolute atomic E-state index is 0.276. The summed E-state index contributed by atoms with van der Waals surface area (Å²) in [6.07, 6.45) is 0. The van der Waals surface area contributed by atoms with Gasteiger partial charge in [0.2, 0.25) is 11.8 Å². The van der Waals surface area contributed by atoms with Crippen LogP contribution in [0.2, 0.25) is 0 Å². The summed E-state index contributed by atoms with van der Waals surface area (Å²) in [5, 5.41) is 10.4. The van der Waals surface area contributed by atoms with Gasteiger partial charge in [-0.2, -0.15) is 0 Å². The standard InChI is InChI=1S/C19H18N4O3S2/c1-10-4-5-17(28-10)16-9-27-19(22-16)23-18(26)13-6-14(20-11(2)24)8-15(7-13)21-12(3)25/h4-9H,1-3H3,(H,20,24)(H,21,25)(H,22,23,26). The molecule has 0 saturated heterocycles. The largest absolute Gasteiger partial charge is 0.326 e. The highest BCUT2D eigenvalue weighted by Crippen LogP contribution is 2.30. The lowest BCUT2D eigenvalue weighted by molar-refractivity contribution is -0.115. The van der Waals surface area contributed by atoms with Gasteiger partial charge in [0, 0.05) is 41.0 Å². The number of amides is 3. The average Bonchev–Trinajstić information content (AvgIpc) is 3.22. The molecule has 7 nitrogen and oxygen atoms in total. The number of thiophene rings is 1. The fourth-order valence-corrected chi connectivity index (χ4v) is 4.10. The van der Waals surface area contributed by atoms with E-state index in [1.54, 1.807) is 29.5 Å². The fraction of sp³-hybridized carbons (Fsp3) is 0.158. The molecule has 0 aliphatic carbocycles. The molecule has 0 aliphatic rings. The molecule has 1 aromatic carbocycles. The van der Waals surface area contributed by atoms with E-state index in [1.807, 2.05) is 24.4 Å². The molecule has 0 atom stereocenters. The molecule has 0 radical (unpaired) electrons. The van der Waals surface area contributed by atoms with Gasteiger partial charge in [0.15, 0.2) is 5.13 Å². The van der Waals surface area contributed by atoms with Crippen molar-refractivity contribution >= 4 is 56.9 Å². The van der Waals surface area contributed by atoms with Crippen molar-refractivity contribution in [2.45, 2.75) is 20.8 Å². The zero-order chi connectivity index (χ0) is 20.3. The summed E-state index contributed by atoms with van der Waals surface area (Å²) in [5.41, 5.74) is 1.93. The van der Waals surface area contributed by atoms with Crippen molar-refractivity contribution in [1.29, 1.82) is 0 Å². The Morgan fingerprint density at radius 3 is 2.11 bits per heavy atom. The lowest BCUT2D eigenvalue weighted by Crippen LogP contribution is -2.15. The van der Waals surface area contributed by atoms with E-state index in [2.05, 4.69) is 20.9 Å². The van der Waals surface area contributed by atoms with Crippen molar-refractivity contribution in [3.63, 3.8) is 0 Å². The molecule has 0 saturated carbocycles. The third-order valence-electron chi connectivity index (χ3n) is 3.55. The summed E-state index contributed by atoms with van der Waals surface area (Å²) in [6.45, 7) is 4.76. The third-order valence-corrected chi connectivity index (χ3v) is 5.33. The van der Waals surface area contributed by atoms with E-state index >= 15 is 0 Å². The van der Waals surface area contributed by atoms with E-state index in [-0.39, 0.29) is 17.7 Å². The maximum Gasteiger partial charge on any atom is 0.257 e. The maximum absolute atomic E-state index is 12.7. The van der Waals surface area contributed by atoms with Crippen LogP contribution in [-0.2, 0) is 9.59 Å². The summed E-state index contributed by atoms with van der Waals surface area (Å²) in [6, 6.07) is 8.69. The topological polar surface area (TPSA) is 100 Å². The van der Waals surface area contributed by atoms with E-state index in [1.165, 1.54) is 30.1 Å². The predicted molar refractivity (Wildman–Crippen MR) is 113 cm³/mol. The van der Waals surface area contributed by atoms with Gasteiger partial charge in [-0.15, -0.1) is 22.7 Å². The Labute approximate surface area is 169 Å². The highest BCUT2D eigenvalue weighted by atomic mass is 32.1. The fourth-order valence-electron chi connectivity index (χ4n) is 2.50. The van der Waals surface area contributed by atoms with Crippen molar-refractivity contribution in [2.75, 3.05) is 16.0 Å². The van der Waals surface area contributed by atoms with Gasteiger partial charge >= 0.3 is 0 Å². The third kappa shape index (κ3) is 5.02. The molecular weight excluding hydrogens is 396 g/mol. The molecule has 144 valence electrons. The van der Waals surface area contributed by atoms with Gasteiger partial charge in [0.05, 0.1) is 10.6 Å². The lowest BCUT2D eigenvalue weighted by atomic mass is 10.1. The molecule has 3 N–H and O–H groups in total. The highest BCUT2D eigenvalue weighted by molar-refractivity contribution is 7.17. The summed E-state index contributed by atoms with van der Waals surface area (Å²) >= 11 is 2.97. The van der Waals surface area contributed by atoms with Crippen molar-refractivity contribution in [1.82, 2.24) is 4.98 Å². The molecule has 3 amide bonds. The smallest absolute Gasteiger partial charge is 0.257 e. The number of carbonyl (C=O) groups excluding carboxylic acids is 3. The van der Waals surface area contributed by atoms with E-state index in [9.17, 15) is 14.4 Å². The quantitative estimate of drug-likeness (QED) is 0.578. The van der Waals surface area contributed by atoms with Crippen LogP contribution in [0, 0.1) is 6.92 Å². The van der Waals surface area contributed by atoms with Crippen molar-refractivity contribution < 1.29 is 14.4 Å². The van der Waals surface area contributed by atoms with Gasteiger partial charge in [-0.1, -0.05) is 0 Å². The van der Waals surface area contributed by atoms with Crippen molar-refractivity contribution in [3.8, 4) is 10.6 Å². The number of thiazole rings is 1. The molecule has 2 heterocycles. The Balaban J connectivity index is 1.82. The number of benzene rings is 1. The number of hydrogen-bond acceptors (Lipinski definition) is 6. The Morgan fingerprint density at radius 2 is 1.57 bits per heavy atom. The van der Waals surface area contributed by atoms with Gasteiger partial charge < -0.3 is 10.6 Å². The molecule has 9 heteroatoms. The van der Waals surface area contributed by atoms with Crippen molar-refractivity contribution in [3.05, 3.63) is 46.2 Å². The Hall–Kier alpha value is -3.04. The molecule has 0 bridgehead atoms. The van der Waals surface area contributed by atoms with Gasteiger partial charge in [0.25, 0.3) is 5.91 Å². The minimum Gasteiger partial charge on any atom is -0.326 e. The number of aromatic nitrogens is 1. The summed E-state index contributed by atoms with van der Waals surface area (Å²) in [4.78, 5) is 42.1. The normalized spacial score (nSPS) is 10.4. The molecule has 0 aliphatic heterocycles. The van der Waals surface area contributed by atoms with Crippen LogP contribution in [0.15, 0.2) is 35.7 Å². The number of anilines is 3. The molecule has 28 heavy (non-hydrogen) atoms. The maximum atomic E-state index is 12.7. The van der Waals surface area contributed by atoms with Gasteiger partial charge in [-0.25, -0.2) is 4.98 Å². The van der Waals surface area contributed by atoms with Gasteiger partial charge in [0.1, 0.15) is 0 Å². The second-order valence-corrected chi connectivity index (χ2v) is 8.21. The number of carbonyl (C=O) groups is 3. The Morgan fingerprint density at radius 1 is 0.929 bits per heavy atom. The van der Waals surface area contributed by atoms with Crippen LogP contribution in [0.3, 0.4) is 0 Å².